The van der Waals surface area contributed by atoms with Crippen molar-refractivity contribution < 1.29 is 36.3 Å². The highest BCUT2D eigenvalue weighted by atomic mass is 19.4. The number of hydrogen-bond donors (Lipinski definition) is 1. The Bertz CT molecular complexity index is 932. The van der Waals surface area contributed by atoms with E-state index in [2.05, 4.69) is 16.1 Å². The van der Waals surface area contributed by atoms with Gasteiger partial charge < -0.3 is 19.9 Å². The fourth-order valence-electron chi connectivity index (χ4n) is 4.21. The van der Waals surface area contributed by atoms with Gasteiger partial charge in [-0.1, -0.05) is 6.07 Å². The number of benzene rings is 1. The number of hydrogen-bond acceptors (Lipinski definition) is 4. The summed E-state index contributed by atoms with van der Waals surface area (Å²) in [4.78, 5) is 28.4. The van der Waals surface area contributed by atoms with Gasteiger partial charge in [0.15, 0.2) is 0 Å². The van der Waals surface area contributed by atoms with Crippen LogP contribution in [-0.4, -0.2) is 59.9 Å². The number of likely N-dealkylation sites (tertiary alicyclic amines) is 1. The number of urea groups is 1. The number of nitrogens with zero attached hydrogens (tertiary/aromatic N) is 3. The molecule has 0 radical (unpaired) electrons. The molecule has 1 N–H and O–H groups in total. The van der Waals surface area contributed by atoms with Crippen LogP contribution in [0, 0.1) is 23.1 Å². The van der Waals surface area contributed by atoms with E-state index in [-0.39, 0.29) is 49.4 Å². The van der Waals surface area contributed by atoms with Gasteiger partial charge in [0, 0.05) is 43.7 Å². The predicted molar refractivity (Wildman–Crippen MR) is 109 cm³/mol. The van der Waals surface area contributed by atoms with Gasteiger partial charge in [0.25, 0.3) is 0 Å². The molecule has 3 rings (SSSR count). The summed E-state index contributed by atoms with van der Waals surface area (Å²) in [5, 5.41) is 11.7. The minimum atomic E-state index is -4.95. The van der Waals surface area contributed by atoms with E-state index in [4.69, 9.17) is 5.26 Å². The summed E-state index contributed by atoms with van der Waals surface area (Å²) < 4.78 is 67.5. The third-order valence-corrected chi connectivity index (χ3v) is 5.81. The van der Waals surface area contributed by atoms with Gasteiger partial charge >= 0.3 is 12.4 Å². The minimum absolute atomic E-state index is 0.0237. The minimum Gasteiger partial charge on any atom is -0.406 e. The van der Waals surface area contributed by atoms with Crippen LogP contribution in [0.1, 0.15) is 37.7 Å². The van der Waals surface area contributed by atoms with E-state index in [1.165, 1.54) is 4.90 Å². The molecule has 7 nitrogen and oxygen atoms in total. The highest BCUT2D eigenvalue weighted by Crippen LogP contribution is 2.34. The average Bonchev–Trinajstić information content (AvgIpc) is 3.57. The predicted octanol–water partition coefficient (Wildman–Crippen LogP) is 3.89. The summed E-state index contributed by atoms with van der Waals surface area (Å²) in [7, 11) is 0. The van der Waals surface area contributed by atoms with E-state index < -0.39 is 36.7 Å². The van der Waals surface area contributed by atoms with Crippen molar-refractivity contribution in [1.29, 1.82) is 5.26 Å². The van der Waals surface area contributed by atoms with Crippen LogP contribution in [0.3, 0.4) is 0 Å². The second kappa shape index (κ2) is 10.9. The Morgan fingerprint density at radius 1 is 1.24 bits per heavy atom. The number of nitriles is 1. The number of ether oxygens (including phenoxy) is 1. The molecule has 0 spiro atoms. The molecule has 2 aliphatic rings. The van der Waals surface area contributed by atoms with Crippen LogP contribution in [0.25, 0.3) is 0 Å². The number of rotatable bonds is 8. The third kappa shape index (κ3) is 6.95. The maximum Gasteiger partial charge on any atom is 0.573 e. The molecule has 1 aromatic rings. The quantitative estimate of drug-likeness (QED) is 0.563. The smallest absolute Gasteiger partial charge is 0.406 e. The molecule has 1 heterocycles. The fourth-order valence-corrected chi connectivity index (χ4v) is 4.21. The van der Waals surface area contributed by atoms with Crippen LogP contribution >= 0.6 is 0 Å². The Morgan fingerprint density at radius 2 is 1.97 bits per heavy atom. The standard InChI is InChI=1S/C22H25F5N4O3/c23-7-5-20(32)30-12-14(6-8-28)9-17(13-30)31(16-2-3-16)21(33)29-11-15-1-4-18(10-19(15)24)34-22(25,26)27/h1,4,10,14,16-17H,2-3,5-7,9,11-13H2,(H,29,33). The molecule has 2 atom stereocenters. The first kappa shape index (κ1) is 25.5. The van der Waals surface area contributed by atoms with E-state index in [9.17, 15) is 31.5 Å². The first-order valence-corrected chi connectivity index (χ1v) is 10.9. The molecule has 34 heavy (non-hydrogen) atoms. The van der Waals surface area contributed by atoms with Gasteiger partial charge in [-0.3, -0.25) is 9.18 Å². The summed E-state index contributed by atoms with van der Waals surface area (Å²) in [5.41, 5.74) is -0.0237. The first-order chi connectivity index (χ1) is 16.1. The van der Waals surface area contributed by atoms with Gasteiger partial charge in [-0.05, 0) is 31.2 Å². The van der Waals surface area contributed by atoms with Gasteiger partial charge in [-0.15, -0.1) is 13.2 Å². The Kier molecular flexibility index (Phi) is 8.17. The first-order valence-electron chi connectivity index (χ1n) is 10.9. The molecule has 12 heteroatoms. The molecule has 2 fully saturated rings. The van der Waals surface area contributed by atoms with E-state index in [0.29, 0.717) is 19.0 Å². The number of halogens is 5. The molecule has 1 aliphatic carbocycles. The number of amides is 3. The van der Waals surface area contributed by atoms with Gasteiger partial charge in [0.2, 0.25) is 5.91 Å². The Hall–Kier alpha value is -3.10. The number of carbonyl (C=O) groups is 2. The third-order valence-electron chi connectivity index (χ3n) is 5.81. The van der Waals surface area contributed by atoms with Crippen molar-refractivity contribution >= 4 is 11.9 Å². The largest absolute Gasteiger partial charge is 0.573 e. The molecule has 1 saturated carbocycles. The molecule has 186 valence electrons. The summed E-state index contributed by atoms with van der Waals surface area (Å²) >= 11 is 0. The summed E-state index contributed by atoms with van der Waals surface area (Å²) in [6.45, 7) is -0.532. The fraction of sp³-hybridized carbons (Fsp3) is 0.591. The average molecular weight is 488 g/mol. The van der Waals surface area contributed by atoms with Gasteiger partial charge in [-0.2, -0.15) is 5.26 Å². The zero-order chi connectivity index (χ0) is 24.9. The topological polar surface area (TPSA) is 85.7 Å². The zero-order valence-electron chi connectivity index (χ0n) is 18.3. The lowest BCUT2D eigenvalue weighted by Gasteiger charge is -2.42. The van der Waals surface area contributed by atoms with Crippen molar-refractivity contribution in [3.05, 3.63) is 29.6 Å². The second-order valence-electron chi connectivity index (χ2n) is 8.45. The number of carbonyl (C=O) groups excluding carboxylic acids is 2. The van der Waals surface area contributed by atoms with Crippen LogP contribution in [0.15, 0.2) is 18.2 Å². The second-order valence-corrected chi connectivity index (χ2v) is 8.45. The molecular formula is C22H25F5N4O3. The molecule has 0 bridgehead atoms. The molecule has 1 saturated heterocycles. The molecule has 3 amide bonds. The van der Waals surface area contributed by atoms with Crippen molar-refractivity contribution in [3.8, 4) is 11.8 Å². The molecule has 1 aromatic carbocycles. The zero-order valence-corrected chi connectivity index (χ0v) is 18.3. The highest BCUT2D eigenvalue weighted by molar-refractivity contribution is 5.77. The van der Waals surface area contributed by atoms with E-state index in [1.54, 1.807) is 4.90 Å². The maximum absolute atomic E-state index is 14.2. The van der Waals surface area contributed by atoms with Gasteiger partial charge in [0.1, 0.15) is 11.6 Å². The molecule has 0 aromatic heterocycles. The SMILES string of the molecule is N#CCC1CC(N(C(=O)NCc2ccc(OC(F)(F)F)cc2F)C2CC2)CN(C(=O)CCF)C1. The lowest BCUT2D eigenvalue weighted by molar-refractivity contribution is -0.274. The van der Waals surface area contributed by atoms with E-state index in [1.807, 2.05) is 0 Å². The molecule has 1 aliphatic heterocycles. The van der Waals surface area contributed by atoms with Crippen molar-refractivity contribution in [2.24, 2.45) is 5.92 Å². The van der Waals surface area contributed by atoms with Crippen molar-refractivity contribution in [2.45, 2.75) is 57.1 Å². The molecular weight excluding hydrogens is 463 g/mol. The lowest BCUT2D eigenvalue weighted by atomic mass is 9.90. The Labute approximate surface area is 193 Å². The summed E-state index contributed by atoms with van der Waals surface area (Å²) in [6.07, 6.45) is -3.03. The van der Waals surface area contributed by atoms with Gasteiger partial charge in [0.05, 0.1) is 25.2 Å². The summed E-state index contributed by atoms with van der Waals surface area (Å²) in [6, 6.07) is 3.76. The van der Waals surface area contributed by atoms with Crippen molar-refractivity contribution in [2.75, 3.05) is 19.8 Å². The monoisotopic (exact) mass is 488 g/mol. The molecule has 2 unspecified atom stereocenters. The van der Waals surface area contributed by atoms with E-state index in [0.717, 1.165) is 25.0 Å². The van der Waals surface area contributed by atoms with Crippen molar-refractivity contribution in [3.63, 3.8) is 0 Å². The normalized spacial score (nSPS) is 20.4. The Balaban J connectivity index is 1.68. The van der Waals surface area contributed by atoms with Crippen molar-refractivity contribution in [1.82, 2.24) is 15.1 Å². The lowest BCUT2D eigenvalue weighted by Crippen LogP contribution is -2.56. The van der Waals surface area contributed by atoms with E-state index >= 15 is 0 Å². The van der Waals surface area contributed by atoms with Crippen LogP contribution in [0.4, 0.5) is 26.7 Å². The Morgan fingerprint density at radius 3 is 2.56 bits per heavy atom. The van der Waals surface area contributed by atoms with Crippen LogP contribution in [0.5, 0.6) is 5.75 Å². The number of nitrogens with one attached hydrogen (secondary N) is 1. The van der Waals surface area contributed by atoms with Crippen LogP contribution in [0.2, 0.25) is 0 Å². The summed E-state index contributed by atoms with van der Waals surface area (Å²) in [5.74, 6) is -2.22. The highest BCUT2D eigenvalue weighted by Gasteiger charge is 2.41. The van der Waals surface area contributed by atoms with Crippen LogP contribution in [-0.2, 0) is 11.3 Å². The number of alkyl halides is 4. The maximum atomic E-state index is 14.2. The number of piperidine rings is 1. The van der Waals surface area contributed by atoms with Gasteiger partial charge in [-0.25, -0.2) is 9.18 Å². The van der Waals surface area contributed by atoms with Crippen LogP contribution < -0.4 is 10.1 Å².